The van der Waals surface area contributed by atoms with Gasteiger partial charge in [0.1, 0.15) is 12.6 Å². The molecule has 49 heavy (non-hydrogen) atoms. The van der Waals surface area contributed by atoms with E-state index in [2.05, 4.69) is 20.8 Å². The average molecular weight is 681 g/mol. The van der Waals surface area contributed by atoms with E-state index in [1.807, 2.05) is 91.0 Å². The Labute approximate surface area is 286 Å². The fourth-order valence-corrected chi connectivity index (χ4v) is 11.3. The molecule has 10 nitrogen and oxygen atoms in total. The highest BCUT2D eigenvalue weighted by atomic mass is 28.4. The smallest absolute Gasteiger partial charge is 0.331 e. The van der Waals surface area contributed by atoms with Gasteiger partial charge in [-0.3, -0.25) is 19.7 Å². The van der Waals surface area contributed by atoms with Gasteiger partial charge >= 0.3 is 11.9 Å². The van der Waals surface area contributed by atoms with Crippen molar-refractivity contribution in [3.8, 4) is 0 Å². The molecule has 1 fully saturated rings. The summed E-state index contributed by atoms with van der Waals surface area (Å²) in [7, 11) is -3.22. The lowest BCUT2D eigenvalue weighted by atomic mass is 9.87. The SMILES string of the molecule is CC(=O)OC1C(=O)N(C(C(=O)OCc2ccc([N+](=O)[O-])cc2)C(C)O[Si](c2ccccc2)(c2ccccc2)C(C)(C)C)C1c1ccccc1. The van der Waals surface area contributed by atoms with Crippen LogP contribution in [-0.2, 0) is 34.9 Å². The van der Waals surface area contributed by atoms with Crippen LogP contribution in [0.5, 0.6) is 0 Å². The Bertz CT molecular complexity index is 1740. The number of esters is 2. The van der Waals surface area contributed by atoms with Gasteiger partial charge in [0.15, 0.2) is 6.04 Å². The van der Waals surface area contributed by atoms with Crippen LogP contribution in [-0.4, -0.2) is 54.2 Å². The molecule has 4 aromatic carbocycles. The summed E-state index contributed by atoms with van der Waals surface area (Å²) >= 11 is 0. The molecule has 0 aromatic heterocycles. The normalized spacial score (nSPS) is 17.4. The van der Waals surface area contributed by atoms with E-state index in [-0.39, 0.29) is 12.3 Å². The number of β-lactam (4-membered cyclic amide) rings is 1. The molecule has 0 aliphatic carbocycles. The Morgan fingerprint density at radius 1 is 0.857 bits per heavy atom. The van der Waals surface area contributed by atoms with E-state index in [4.69, 9.17) is 13.9 Å². The first-order valence-corrected chi connectivity index (χ1v) is 18.0. The zero-order valence-corrected chi connectivity index (χ0v) is 29.1. The van der Waals surface area contributed by atoms with Crippen LogP contribution in [0.2, 0.25) is 5.04 Å². The van der Waals surface area contributed by atoms with Crippen LogP contribution in [0, 0.1) is 10.1 Å². The number of hydrogen-bond acceptors (Lipinski definition) is 8. The molecule has 4 atom stereocenters. The van der Waals surface area contributed by atoms with Crippen LogP contribution in [0.25, 0.3) is 0 Å². The van der Waals surface area contributed by atoms with E-state index in [0.29, 0.717) is 11.1 Å². The molecule has 4 aromatic rings. The van der Waals surface area contributed by atoms with E-state index in [1.165, 1.54) is 36.1 Å². The molecule has 11 heteroatoms. The number of carbonyl (C=O) groups excluding carboxylic acids is 3. The summed E-state index contributed by atoms with van der Waals surface area (Å²) in [5.74, 6) is -1.88. The molecule has 5 rings (SSSR count). The van der Waals surface area contributed by atoms with Crippen LogP contribution in [0.15, 0.2) is 115 Å². The van der Waals surface area contributed by atoms with Crippen molar-refractivity contribution >= 4 is 42.2 Å². The highest BCUT2D eigenvalue weighted by Crippen LogP contribution is 2.43. The van der Waals surface area contributed by atoms with E-state index in [1.54, 1.807) is 6.92 Å². The summed E-state index contributed by atoms with van der Waals surface area (Å²) in [6, 6.07) is 32.6. The van der Waals surface area contributed by atoms with Crippen LogP contribution >= 0.6 is 0 Å². The molecule has 0 saturated carbocycles. The van der Waals surface area contributed by atoms with Crippen molar-refractivity contribution in [1.29, 1.82) is 0 Å². The number of ether oxygens (including phenoxy) is 2. The molecule has 0 spiro atoms. The molecular formula is C38H40N2O8Si. The van der Waals surface area contributed by atoms with Gasteiger partial charge in [-0.15, -0.1) is 0 Å². The number of nitro groups is 1. The molecule has 1 heterocycles. The number of carbonyl (C=O) groups is 3. The Kier molecular flexibility index (Phi) is 10.4. The van der Waals surface area contributed by atoms with Crippen LogP contribution in [0.1, 0.15) is 51.8 Å². The molecule has 0 bridgehead atoms. The number of rotatable bonds is 12. The second kappa shape index (κ2) is 14.5. The van der Waals surface area contributed by atoms with E-state index in [0.717, 1.165) is 10.4 Å². The number of nitrogens with zero attached hydrogens (tertiary/aromatic N) is 2. The Balaban J connectivity index is 1.59. The van der Waals surface area contributed by atoms with Gasteiger partial charge in [0.05, 0.1) is 11.0 Å². The molecule has 1 aliphatic rings. The first kappa shape index (κ1) is 35.2. The molecule has 254 valence electrons. The number of amides is 1. The third kappa shape index (κ3) is 7.18. The molecule has 4 unspecified atom stereocenters. The third-order valence-electron chi connectivity index (χ3n) is 8.81. The van der Waals surface area contributed by atoms with E-state index < -0.39 is 60.4 Å². The highest BCUT2D eigenvalue weighted by molar-refractivity contribution is 6.99. The number of non-ortho nitro benzene ring substituents is 1. The molecule has 1 aliphatic heterocycles. The second-order valence-corrected chi connectivity index (χ2v) is 17.3. The monoisotopic (exact) mass is 680 g/mol. The third-order valence-corrected chi connectivity index (χ3v) is 13.9. The van der Waals surface area contributed by atoms with Crippen molar-refractivity contribution in [2.45, 2.75) is 70.6 Å². The summed E-state index contributed by atoms with van der Waals surface area (Å²) in [5, 5.41) is 12.7. The van der Waals surface area contributed by atoms with Crippen molar-refractivity contribution in [3.05, 3.63) is 137 Å². The lowest BCUT2D eigenvalue weighted by molar-refractivity contribution is -0.384. The van der Waals surface area contributed by atoms with Gasteiger partial charge in [-0.1, -0.05) is 112 Å². The predicted molar refractivity (Wildman–Crippen MR) is 186 cm³/mol. The minimum absolute atomic E-state index is 0.0892. The van der Waals surface area contributed by atoms with Crippen molar-refractivity contribution in [2.75, 3.05) is 0 Å². The Hall–Kier alpha value is -5.13. The Morgan fingerprint density at radius 2 is 1.37 bits per heavy atom. The minimum atomic E-state index is -3.22. The molecule has 1 saturated heterocycles. The summed E-state index contributed by atoms with van der Waals surface area (Å²) in [4.78, 5) is 52.4. The molecular weight excluding hydrogens is 641 g/mol. The standard InChI is InChI=1S/C38H40N2O8Si/c1-26(48-49(38(3,4)5,31-17-11-7-12-18-31)32-19-13-8-14-20-32)33(37(43)46-25-28-21-23-30(24-22-28)40(44)45)39-34(29-15-9-6-10-16-29)35(36(39)42)47-27(2)41/h6-24,26,33-35H,25H2,1-5H3. The Morgan fingerprint density at radius 3 is 1.84 bits per heavy atom. The highest BCUT2D eigenvalue weighted by Gasteiger charge is 2.59. The summed E-state index contributed by atoms with van der Waals surface area (Å²) in [6.45, 7) is 9.17. The zero-order valence-electron chi connectivity index (χ0n) is 28.1. The van der Waals surface area contributed by atoms with E-state index >= 15 is 0 Å². The van der Waals surface area contributed by atoms with Crippen molar-refractivity contribution in [3.63, 3.8) is 0 Å². The van der Waals surface area contributed by atoms with Crippen LogP contribution < -0.4 is 10.4 Å². The van der Waals surface area contributed by atoms with Gasteiger partial charge in [0.25, 0.3) is 19.9 Å². The molecule has 0 N–H and O–H groups in total. The number of nitro benzene ring substituents is 1. The maximum atomic E-state index is 14.3. The van der Waals surface area contributed by atoms with Gasteiger partial charge in [-0.2, -0.15) is 0 Å². The number of likely N-dealkylation sites (tertiary alicyclic amines) is 1. The molecule has 1 amide bonds. The number of hydrogen-bond donors (Lipinski definition) is 0. The van der Waals surface area contributed by atoms with Crippen molar-refractivity contribution in [1.82, 2.24) is 4.90 Å². The van der Waals surface area contributed by atoms with E-state index in [9.17, 15) is 24.5 Å². The van der Waals surface area contributed by atoms with Gasteiger partial charge in [0, 0.05) is 19.1 Å². The maximum Gasteiger partial charge on any atom is 0.331 e. The quantitative estimate of drug-likeness (QED) is 0.0633. The van der Waals surface area contributed by atoms with Gasteiger partial charge < -0.3 is 18.8 Å². The summed E-state index contributed by atoms with van der Waals surface area (Å²) < 4.78 is 18.7. The first-order chi connectivity index (χ1) is 23.3. The predicted octanol–water partition coefficient (Wildman–Crippen LogP) is 5.49. The molecule has 0 radical (unpaired) electrons. The van der Waals surface area contributed by atoms with Gasteiger partial charge in [-0.25, -0.2) is 4.79 Å². The summed E-state index contributed by atoms with van der Waals surface area (Å²) in [5.41, 5.74) is 1.12. The lowest BCUT2D eigenvalue weighted by Gasteiger charge is -2.52. The largest absolute Gasteiger partial charge is 0.459 e. The van der Waals surface area contributed by atoms with Crippen molar-refractivity contribution < 1.29 is 33.2 Å². The zero-order chi connectivity index (χ0) is 35.3. The lowest BCUT2D eigenvalue weighted by Crippen LogP contribution is -2.72. The topological polar surface area (TPSA) is 125 Å². The fourth-order valence-electron chi connectivity index (χ4n) is 6.59. The maximum absolute atomic E-state index is 14.3. The number of benzene rings is 4. The van der Waals surface area contributed by atoms with Crippen LogP contribution in [0.4, 0.5) is 5.69 Å². The second-order valence-electron chi connectivity index (χ2n) is 13.1. The van der Waals surface area contributed by atoms with Gasteiger partial charge in [0.2, 0.25) is 6.10 Å². The van der Waals surface area contributed by atoms with Gasteiger partial charge in [-0.05, 0) is 45.6 Å². The summed E-state index contributed by atoms with van der Waals surface area (Å²) in [6.07, 6.45) is -2.03. The van der Waals surface area contributed by atoms with Crippen LogP contribution in [0.3, 0.4) is 0 Å². The minimum Gasteiger partial charge on any atom is -0.459 e. The fraction of sp³-hybridized carbons (Fsp3) is 0.289. The van der Waals surface area contributed by atoms with Crippen molar-refractivity contribution in [2.24, 2.45) is 0 Å². The average Bonchev–Trinajstić information content (AvgIpc) is 3.09. The first-order valence-electron chi connectivity index (χ1n) is 16.1.